The van der Waals surface area contributed by atoms with Gasteiger partial charge in [0.25, 0.3) is 0 Å². The normalized spacial score (nSPS) is 43.0. The van der Waals surface area contributed by atoms with Gasteiger partial charge in [0.1, 0.15) is 65.6 Å². The van der Waals surface area contributed by atoms with Gasteiger partial charge in [-0.05, 0) is 104 Å². The highest BCUT2D eigenvalue weighted by molar-refractivity contribution is 5.94. The quantitative estimate of drug-likeness (QED) is 0.0414. The molecule has 9 fully saturated rings. The molecule has 3 unspecified atom stereocenters. The van der Waals surface area contributed by atoms with Crippen LogP contribution in [0.5, 0.6) is 0 Å². The van der Waals surface area contributed by atoms with Gasteiger partial charge in [0, 0.05) is 85.9 Å². The van der Waals surface area contributed by atoms with Gasteiger partial charge in [-0.3, -0.25) is 24.4 Å². The molecule has 3 saturated heterocycles. The number of fused-ring (bicyclic) bond motifs is 15. The van der Waals surface area contributed by atoms with E-state index < -0.39 is 223 Å². The van der Waals surface area contributed by atoms with Crippen LogP contribution in [0, 0.1) is 62.1 Å². The summed E-state index contributed by atoms with van der Waals surface area (Å²) < 4.78 is 54.0. The van der Waals surface area contributed by atoms with Gasteiger partial charge in [-0.1, -0.05) is 129 Å². The summed E-state index contributed by atoms with van der Waals surface area (Å²) in [5, 5.41) is 149. The minimum atomic E-state index is -2.07. The first kappa shape index (κ1) is 91.9. The predicted molar refractivity (Wildman–Crippen MR) is 423 cm³/mol. The van der Waals surface area contributed by atoms with Crippen LogP contribution in [0.3, 0.4) is 0 Å². The molecule has 3 aromatic carbocycles. The van der Waals surface area contributed by atoms with Crippen molar-refractivity contribution >= 4 is 41.6 Å². The molecule has 0 radical (unpaired) electrons. The first-order chi connectivity index (χ1) is 55.8. The van der Waals surface area contributed by atoms with Crippen LogP contribution in [0.25, 0.3) is 0 Å². The van der Waals surface area contributed by atoms with Gasteiger partial charge in [-0.25, -0.2) is 19.3 Å². The molecule has 3 heterocycles. The minimum Gasteiger partial charge on any atom is -0.455 e. The highest BCUT2D eigenvalue weighted by Gasteiger charge is 2.82. The maximum Gasteiger partial charge on any atom is 0.338 e. The van der Waals surface area contributed by atoms with Crippen molar-refractivity contribution in [1.82, 2.24) is 0 Å². The fraction of sp³-hybridized carbons (Fsp3) is 0.656. The van der Waals surface area contributed by atoms with Gasteiger partial charge in [-0.2, -0.15) is 0 Å². The SMILES string of the molecule is CC(=O)O[C@@]12CO[C@@H]1C[C@H](C)[C@]1(C)C2[C@H](OC(=O)c2ccccc2)[C@]2(O)C[C@H](O)C(C)=C([C@@H](C)[C@H]1O)C2(C)C.CC(=O)O[C@@]12CO[C@@H]1C[C@H](O)[C@@]1(C)C(=O)[C@H](O)C3=C(C)[C@@H](O)C[C@@](O)([C@@H](OC(=O)c4ccccc4)C12)C3(C)C.CC(=O)O[C@@]12CO[C@@H]1C[C@H](O)[C@]1(C)C2[C@H](OC(=O)c2ccccc2)[C@]2(O)C[C@H](O)C(C)=C([C@@H](O)[C@H]1O)C2(C)C.COO. The molecule has 30 heteroatoms. The first-order valence-corrected chi connectivity index (χ1v) is 41.2. The number of aliphatic hydroxyl groups excluding tert-OH is 9. The van der Waals surface area contributed by atoms with Crippen molar-refractivity contribution < 1.29 is 148 Å². The van der Waals surface area contributed by atoms with Gasteiger partial charge in [0.05, 0.1) is 110 Å². The van der Waals surface area contributed by atoms with E-state index in [9.17, 15) is 94.8 Å². The first-order valence-electron chi connectivity index (χ1n) is 41.2. The Labute approximate surface area is 697 Å². The summed E-state index contributed by atoms with van der Waals surface area (Å²) in [5.74, 6) is -8.80. The number of benzene rings is 3. The number of carbonyl (C=O) groups is 7. The van der Waals surface area contributed by atoms with Crippen molar-refractivity contribution in [2.45, 2.75) is 281 Å². The zero-order valence-electron chi connectivity index (χ0n) is 71.3. The Hall–Kier alpha value is -7.31. The Bertz CT molecular complexity index is 4360. The largest absolute Gasteiger partial charge is 0.455 e. The monoisotopic (exact) mass is 1680 g/mol. The van der Waals surface area contributed by atoms with E-state index in [0.29, 0.717) is 23.1 Å². The summed E-state index contributed by atoms with van der Waals surface area (Å²) in [5.41, 5.74) is -15.1. The van der Waals surface area contributed by atoms with E-state index in [1.807, 2.05) is 41.5 Å². The molecule has 3 aromatic rings. The number of Topliss-reactive ketones (excluding diaryl/α,β-unsaturated/α-hetero) is 1. The number of hydrogen-bond donors (Lipinski definition) is 13. The van der Waals surface area contributed by atoms with E-state index in [4.69, 9.17) is 47.9 Å². The van der Waals surface area contributed by atoms with E-state index in [1.54, 1.807) is 127 Å². The molecule has 13 N–H and O–H groups in total. The molecule has 29 atom stereocenters. The topological polar surface area (TPSA) is 475 Å². The maximum atomic E-state index is 14.3. The summed E-state index contributed by atoms with van der Waals surface area (Å²) >= 11 is 0. The zero-order valence-corrected chi connectivity index (χ0v) is 71.3. The van der Waals surface area contributed by atoms with E-state index in [0.717, 1.165) is 11.1 Å². The fourth-order valence-electron chi connectivity index (χ4n) is 24.3. The lowest BCUT2D eigenvalue weighted by Gasteiger charge is -2.69. The number of rotatable bonds is 9. The average molecular weight is 1680 g/mol. The molecule has 9 aliphatic carbocycles. The smallest absolute Gasteiger partial charge is 0.338 e. The molecule has 6 saturated carbocycles. The average Bonchev–Trinajstić information content (AvgIpc) is 0.678. The van der Waals surface area contributed by atoms with E-state index >= 15 is 0 Å². The third-order valence-corrected chi connectivity index (χ3v) is 31.1. The Morgan fingerprint density at radius 1 is 0.425 bits per heavy atom. The summed E-state index contributed by atoms with van der Waals surface area (Å²) in [6.07, 6.45) is -18.9. The second kappa shape index (κ2) is 32.0. The highest BCUT2D eigenvalue weighted by Crippen LogP contribution is 2.70. The lowest BCUT2D eigenvalue weighted by atomic mass is 9.42. The molecular weight excluding hydrogens is 1560 g/mol. The minimum absolute atomic E-state index is 0.0219. The van der Waals surface area contributed by atoms with Gasteiger partial charge >= 0.3 is 35.8 Å². The Morgan fingerprint density at radius 3 is 1.09 bits per heavy atom. The van der Waals surface area contributed by atoms with Gasteiger partial charge < -0.3 is 104 Å². The third kappa shape index (κ3) is 13.5. The van der Waals surface area contributed by atoms with E-state index in [1.165, 1.54) is 46.9 Å². The summed E-state index contributed by atoms with van der Waals surface area (Å²) in [6, 6.07) is 24.8. The van der Waals surface area contributed by atoms with Crippen LogP contribution in [-0.2, 0) is 66.7 Å². The molecule has 15 rings (SSSR count). The van der Waals surface area contributed by atoms with Crippen LogP contribution in [0.4, 0.5) is 0 Å². The zero-order chi connectivity index (χ0) is 88.8. The van der Waals surface area contributed by atoms with Crippen molar-refractivity contribution in [3.63, 3.8) is 0 Å². The van der Waals surface area contributed by atoms with Crippen LogP contribution in [-0.4, -0.2) is 260 Å². The van der Waals surface area contributed by atoms with Crippen molar-refractivity contribution in [1.29, 1.82) is 0 Å². The van der Waals surface area contributed by atoms with Gasteiger partial charge in [-0.15, -0.1) is 0 Å². The molecule has 6 bridgehead atoms. The van der Waals surface area contributed by atoms with Gasteiger partial charge in [0.15, 0.2) is 22.6 Å². The van der Waals surface area contributed by atoms with Crippen LogP contribution in [0.1, 0.15) is 187 Å². The number of carbonyl (C=O) groups excluding carboxylic acids is 7. The Morgan fingerprint density at radius 2 is 0.733 bits per heavy atom. The van der Waals surface area contributed by atoms with Crippen LogP contribution < -0.4 is 0 Å². The number of ketones is 1. The number of ether oxygens (including phenoxy) is 9. The lowest BCUT2D eigenvalue weighted by molar-refractivity contribution is -0.365. The summed E-state index contributed by atoms with van der Waals surface area (Å²) in [4.78, 5) is 95.8. The number of hydrogen-bond acceptors (Lipinski definition) is 30. The van der Waals surface area contributed by atoms with E-state index in [-0.39, 0.29) is 80.1 Å². The summed E-state index contributed by atoms with van der Waals surface area (Å²) in [6.45, 7) is 27.8. The lowest BCUT2D eigenvalue weighted by Crippen LogP contribution is -2.82. The molecule has 0 amide bonds. The molecule has 120 heavy (non-hydrogen) atoms. The van der Waals surface area contributed by atoms with Crippen molar-refractivity contribution in [2.24, 2.45) is 62.1 Å². The predicted octanol–water partition coefficient (Wildman–Crippen LogP) is 5.49. The third-order valence-electron chi connectivity index (χ3n) is 31.1. The van der Waals surface area contributed by atoms with Crippen molar-refractivity contribution in [3.8, 4) is 0 Å². The number of aliphatic hydroxyl groups is 12. The molecule has 3 aliphatic heterocycles. The Balaban J connectivity index is 0.000000162. The van der Waals surface area contributed by atoms with Crippen LogP contribution in [0.2, 0.25) is 0 Å². The fourth-order valence-corrected chi connectivity index (χ4v) is 24.3. The highest BCUT2D eigenvalue weighted by atomic mass is 17.1. The van der Waals surface area contributed by atoms with E-state index in [2.05, 4.69) is 4.89 Å². The van der Waals surface area contributed by atoms with Gasteiger partial charge in [0.2, 0.25) is 0 Å². The molecular formula is C90H120O30. The van der Waals surface area contributed by atoms with Crippen molar-refractivity contribution in [3.05, 3.63) is 141 Å². The standard InChI is InChI=1S/C31H42O8.C29H38O10.C29H36O10.CH4O2/c1-16-13-22-30(15-37-22,39-19(4)32)24-26(38-27(35)20-11-9-8-10-12-20)31(36)14-21(33)17(2)23(28(31,5)6)18(3)25(34)29(16,24)7;2*1-14-17(31)12-29(36)24(38-25(35)16-9-7-6-8-10-16)22-27(5,23(34)21(33)20(14)26(29,3)4)18(32)11-19-28(22,13-37-19)39-15(2)30;1-3-2/h8-12,16,18,21-22,24-26,33-34,36H,13-15H2,1-7H3;6-10,17-19,21-24,31-34,36H,11-13H2,1-5H3;6-10,17-19,21-22,24,31-33,36H,11-13H2,1-5H3;2H,1H3/t16-,18+,21-,22+,24?,25+,26-,29+,30-,31+;17-,18-,19+,21+,22?,23+,24-,27+,28-,29+;17-,18-,19+,21+,22?,24-,27+,28-,29+;/m000./s1. The maximum absolute atomic E-state index is 14.3. The second-order valence-electron chi connectivity index (χ2n) is 37.9. The second-order valence-corrected chi connectivity index (χ2v) is 37.9. The molecule has 0 aromatic heterocycles. The van der Waals surface area contributed by atoms with Crippen LogP contribution >= 0.6 is 0 Å². The van der Waals surface area contributed by atoms with Crippen molar-refractivity contribution in [2.75, 3.05) is 26.9 Å². The Kier molecular flexibility index (Phi) is 24.5. The molecule has 660 valence electrons. The molecule has 0 spiro atoms. The summed E-state index contributed by atoms with van der Waals surface area (Å²) in [7, 11) is 1.18. The molecule has 12 aliphatic rings. The van der Waals surface area contributed by atoms with Crippen LogP contribution in [0.15, 0.2) is 124 Å². The number of esters is 6. The molecule has 30 nitrogen and oxygen atoms in total.